The Morgan fingerprint density at radius 1 is 1.33 bits per heavy atom. The molecule has 1 heterocycles. The van der Waals surface area contributed by atoms with E-state index in [-0.39, 0.29) is 24.5 Å². The van der Waals surface area contributed by atoms with Crippen LogP contribution in [0, 0.1) is 0 Å². The van der Waals surface area contributed by atoms with Crippen molar-refractivity contribution in [3.63, 3.8) is 0 Å². The molecule has 0 amide bonds. The van der Waals surface area contributed by atoms with Gasteiger partial charge in [-0.25, -0.2) is 13.1 Å². The molecule has 0 bridgehead atoms. The van der Waals surface area contributed by atoms with Gasteiger partial charge in [0.2, 0.25) is 10.0 Å². The van der Waals surface area contributed by atoms with E-state index in [9.17, 15) is 8.42 Å². The van der Waals surface area contributed by atoms with Crippen molar-refractivity contribution in [3.05, 3.63) is 46.2 Å². The fourth-order valence-electron chi connectivity index (χ4n) is 1.92. The molecule has 2 rings (SSSR count). The van der Waals surface area contributed by atoms with Crippen LogP contribution in [0.1, 0.15) is 10.4 Å². The molecule has 1 aromatic carbocycles. The van der Waals surface area contributed by atoms with E-state index in [0.29, 0.717) is 11.3 Å². The lowest BCUT2D eigenvalue weighted by molar-refractivity contribution is 0.298. The van der Waals surface area contributed by atoms with Gasteiger partial charge >= 0.3 is 0 Å². The summed E-state index contributed by atoms with van der Waals surface area (Å²) in [6, 6.07) is 8.48. The largest absolute Gasteiger partial charge is 0.497 e. The van der Waals surface area contributed by atoms with Crippen LogP contribution in [0.5, 0.6) is 5.75 Å². The number of benzene rings is 1. The molecule has 21 heavy (non-hydrogen) atoms. The molecule has 1 aromatic heterocycles. The molecule has 0 spiro atoms. The first-order chi connectivity index (χ1) is 10.1. The van der Waals surface area contributed by atoms with Gasteiger partial charge in [0.25, 0.3) is 0 Å². The fraction of sp³-hybridized carbons (Fsp3) is 0.286. The molecular weight excluding hydrogens is 310 g/mol. The van der Waals surface area contributed by atoms with Crippen molar-refractivity contribution in [2.45, 2.75) is 17.9 Å². The third kappa shape index (κ3) is 4.04. The summed E-state index contributed by atoms with van der Waals surface area (Å²) in [6.07, 6.45) is 0.256. The zero-order valence-corrected chi connectivity index (χ0v) is 13.2. The van der Waals surface area contributed by atoms with E-state index in [2.05, 4.69) is 4.72 Å². The summed E-state index contributed by atoms with van der Waals surface area (Å²) in [5.74, 6) is 0.565. The average molecular weight is 327 g/mol. The van der Waals surface area contributed by atoms with E-state index in [1.54, 1.807) is 12.1 Å². The molecule has 114 valence electrons. The van der Waals surface area contributed by atoms with Crippen molar-refractivity contribution in [3.8, 4) is 5.75 Å². The molecule has 2 aromatic rings. The van der Waals surface area contributed by atoms with Gasteiger partial charge in [-0.1, -0.05) is 6.07 Å². The first kappa shape index (κ1) is 16.0. The summed E-state index contributed by atoms with van der Waals surface area (Å²) in [5.41, 5.74) is 0.538. The lowest BCUT2D eigenvalue weighted by Gasteiger charge is -2.12. The zero-order valence-electron chi connectivity index (χ0n) is 11.6. The van der Waals surface area contributed by atoms with Gasteiger partial charge in [-0.3, -0.25) is 0 Å². The summed E-state index contributed by atoms with van der Waals surface area (Å²) >= 11 is 1.49. The minimum Gasteiger partial charge on any atom is -0.497 e. The minimum absolute atomic E-state index is 0.124. The fourth-order valence-corrected chi connectivity index (χ4v) is 3.91. The molecule has 0 atom stereocenters. The second-order valence-electron chi connectivity index (χ2n) is 4.35. The molecule has 0 unspecified atom stereocenters. The highest BCUT2D eigenvalue weighted by atomic mass is 32.2. The Morgan fingerprint density at radius 2 is 2.14 bits per heavy atom. The van der Waals surface area contributed by atoms with Crippen molar-refractivity contribution in [1.82, 2.24) is 4.72 Å². The van der Waals surface area contributed by atoms with E-state index in [1.165, 1.54) is 24.5 Å². The van der Waals surface area contributed by atoms with Gasteiger partial charge < -0.3 is 9.84 Å². The van der Waals surface area contributed by atoms with Crippen LogP contribution < -0.4 is 9.46 Å². The summed E-state index contributed by atoms with van der Waals surface area (Å²) in [4.78, 5) is 1.12. The predicted molar refractivity (Wildman–Crippen MR) is 82.1 cm³/mol. The summed E-state index contributed by atoms with van der Waals surface area (Å²) in [7, 11) is -2.11. The number of aliphatic hydroxyl groups is 1. The number of ether oxygens (including phenoxy) is 1. The maximum atomic E-state index is 12.4. The van der Waals surface area contributed by atoms with Crippen molar-refractivity contribution >= 4 is 21.4 Å². The summed E-state index contributed by atoms with van der Waals surface area (Å²) in [5, 5.41) is 11.0. The van der Waals surface area contributed by atoms with Crippen LogP contribution in [0.15, 0.2) is 40.6 Å². The Balaban J connectivity index is 2.25. The molecule has 0 saturated heterocycles. The van der Waals surface area contributed by atoms with Gasteiger partial charge in [-0.15, -0.1) is 11.3 Å². The van der Waals surface area contributed by atoms with Gasteiger partial charge in [0.15, 0.2) is 0 Å². The van der Waals surface area contributed by atoms with Crippen LogP contribution in [0.3, 0.4) is 0 Å². The highest BCUT2D eigenvalue weighted by Gasteiger charge is 2.18. The second kappa shape index (κ2) is 7.04. The van der Waals surface area contributed by atoms with Crippen LogP contribution in [0.2, 0.25) is 0 Å². The molecule has 0 aliphatic rings. The minimum atomic E-state index is -3.62. The van der Waals surface area contributed by atoms with Crippen LogP contribution in [-0.2, 0) is 23.0 Å². The summed E-state index contributed by atoms with van der Waals surface area (Å²) in [6.45, 7) is 0.130. The van der Waals surface area contributed by atoms with Gasteiger partial charge in [-0.2, -0.15) is 0 Å². The number of hydrogen-bond acceptors (Lipinski definition) is 5. The molecule has 2 N–H and O–H groups in total. The first-order valence-corrected chi connectivity index (χ1v) is 8.73. The Hall–Kier alpha value is -1.41. The van der Waals surface area contributed by atoms with E-state index in [4.69, 9.17) is 9.84 Å². The van der Waals surface area contributed by atoms with E-state index < -0.39 is 10.0 Å². The normalized spacial score (nSPS) is 11.5. The van der Waals surface area contributed by atoms with Crippen LogP contribution in [0.25, 0.3) is 0 Å². The van der Waals surface area contributed by atoms with Gasteiger partial charge in [-0.05, 0) is 41.6 Å². The molecular formula is C14H17NO4S2. The third-order valence-electron chi connectivity index (χ3n) is 2.95. The quantitative estimate of drug-likeness (QED) is 0.813. The van der Waals surface area contributed by atoms with Crippen molar-refractivity contribution in [1.29, 1.82) is 0 Å². The van der Waals surface area contributed by atoms with Gasteiger partial charge in [0.1, 0.15) is 5.75 Å². The molecule has 0 aliphatic heterocycles. The van der Waals surface area contributed by atoms with Crippen molar-refractivity contribution in [2.24, 2.45) is 0 Å². The number of sulfonamides is 1. The Labute approximate surface area is 128 Å². The van der Waals surface area contributed by atoms with Gasteiger partial charge in [0, 0.05) is 18.0 Å². The number of aliphatic hydroxyl groups excluding tert-OH is 1. The zero-order chi connectivity index (χ0) is 15.3. The average Bonchev–Trinajstić information content (AvgIpc) is 2.99. The van der Waals surface area contributed by atoms with Crippen molar-refractivity contribution in [2.75, 3.05) is 13.7 Å². The van der Waals surface area contributed by atoms with E-state index in [0.717, 1.165) is 4.88 Å². The second-order valence-corrected chi connectivity index (χ2v) is 7.12. The standard InChI is InChI=1S/C14H17NO4S2/c1-19-12-4-5-14(11(9-12)6-7-16)21(17,18)15-10-13-3-2-8-20-13/h2-5,8-9,15-16H,6-7,10H2,1H3. The molecule has 0 radical (unpaired) electrons. The van der Waals surface area contributed by atoms with Gasteiger partial charge in [0.05, 0.1) is 12.0 Å². The highest BCUT2D eigenvalue weighted by molar-refractivity contribution is 7.89. The topological polar surface area (TPSA) is 75.6 Å². The monoisotopic (exact) mass is 327 g/mol. The van der Waals surface area contributed by atoms with E-state index >= 15 is 0 Å². The molecule has 0 aliphatic carbocycles. The molecule has 0 saturated carbocycles. The number of rotatable bonds is 7. The highest BCUT2D eigenvalue weighted by Crippen LogP contribution is 2.22. The SMILES string of the molecule is COc1ccc(S(=O)(=O)NCc2cccs2)c(CCO)c1. The Morgan fingerprint density at radius 3 is 2.76 bits per heavy atom. The first-order valence-electron chi connectivity index (χ1n) is 6.36. The maximum absolute atomic E-state index is 12.4. The lowest BCUT2D eigenvalue weighted by atomic mass is 10.1. The molecule has 0 fully saturated rings. The summed E-state index contributed by atoms with van der Waals surface area (Å²) < 4.78 is 32.5. The lowest BCUT2D eigenvalue weighted by Crippen LogP contribution is -2.24. The van der Waals surface area contributed by atoms with Crippen LogP contribution in [0.4, 0.5) is 0 Å². The number of methoxy groups -OCH3 is 1. The number of nitrogens with one attached hydrogen (secondary N) is 1. The van der Waals surface area contributed by atoms with Crippen molar-refractivity contribution < 1.29 is 18.3 Å². The third-order valence-corrected chi connectivity index (χ3v) is 5.33. The molecule has 7 heteroatoms. The smallest absolute Gasteiger partial charge is 0.241 e. The molecule has 5 nitrogen and oxygen atoms in total. The predicted octanol–water partition coefficient (Wildman–Crippen LogP) is 1.77. The number of thiophene rings is 1. The Kier molecular flexibility index (Phi) is 5.35. The van der Waals surface area contributed by atoms with Crippen LogP contribution >= 0.6 is 11.3 Å². The Bertz CT molecular complexity index is 681. The van der Waals surface area contributed by atoms with Crippen LogP contribution in [-0.4, -0.2) is 27.2 Å². The number of hydrogen-bond donors (Lipinski definition) is 2. The van der Waals surface area contributed by atoms with E-state index in [1.807, 2.05) is 17.5 Å². The maximum Gasteiger partial charge on any atom is 0.241 e.